The van der Waals surface area contributed by atoms with Gasteiger partial charge in [0.2, 0.25) is 5.91 Å². The number of fused-ring (bicyclic) bond motifs is 1. The molecule has 3 rings (SSSR count). The molecule has 1 atom stereocenters. The third-order valence-electron chi connectivity index (χ3n) is 3.99. The molecule has 1 aliphatic heterocycles. The van der Waals surface area contributed by atoms with Crippen molar-refractivity contribution in [2.45, 2.75) is 24.8 Å². The molecule has 2 aromatic carbocycles. The number of rotatable bonds is 4. The lowest BCUT2D eigenvalue weighted by molar-refractivity contribution is -0.113. The summed E-state index contributed by atoms with van der Waals surface area (Å²) >= 11 is 1.49. The molecule has 0 spiro atoms. The molecule has 4 nitrogen and oxygen atoms in total. The summed E-state index contributed by atoms with van der Waals surface area (Å²) in [4.78, 5) is 25.2. The van der Waals surface area contributed by atoms with Gasteiger partial charge in [-0.1, -0.05) is 44.2 Å². The minimum atomic E-state index is -0.134. The van der Waals surface area contributed by atoms with Crippen molar-refractivity contribution in [3.8, 4) is 0 Å². The smallest absolute Gasteiger partial charge is 0.251 e. The van der Waals surface area contributed by atoms with E-state index in [2.05, 4.69) is 24.5 Å². The molecule has 1 unspecified atom stereocenters. The Balaban J connectivity index is 1.81. The standard InChI is InChI=1S/C19H20N2O2S/c1-12(2)18(13-6-4-3-5-7-13)21-19(23)14-8-9-16-15(10-14)20-17(22)11-24-16/h3-10,12,18H,11H2,1-2H3,(H,20,22)(H,21,23). The molecular formula is C19H20N2O2S. The van der Waals surface area contributed by atoms with Crippen molar-refractivity contribution < 1.29 is 9.59 Å². The molecule has 2 amide bonds. The zero-order chi connectivity index (χ0) is 17.1. The van der Waals surface area contributed by atoms with Gasteiger partial charge < -0.3 is 10.6 Å². The molecule has 0 saturated carbocycles. The summed E-state index contributed by atoms with van der Waals surface area (Å²) < 4.78 is 0. The fourth-order valence-electron chi connectivity index (χ4n) is 2.74. The summed E-state index contributed by atoms with van der Waals surface area (Å²) in [7, 11) is 0. The zero-order valence-electron chi connectivity index (χ0n) is 13.7. The topological polar surface area (TPSA) is 58.2 Å². The van der Waals surface area contributed by atoms with E-state index in [1.165, 1.54) is 11.8 Å². The van der Waals surface area contributed by atoms with Crippen molar-refractivity contribution in [1.29, 1.82) is 0 Å². The van der Waals surface area contributed by atoms with Crippen LogP contribution in [0.5, 0.6) is 0 Å². The summed E-state index contributed by atoms with van der Waals surface area (Å²) in [5, 5.41) is 5.93. The van der Waals surface area contributed by atoms with Gasteiger partial charge in [-0.05, 0) is 29.7 Å². The Morgan fingerprint density at radius 2 is 1.92 bits per heavy atom. The molecule has 124 valence electrons. The average molecular weight is 340 g/mol. The van der Waals surface area contributed by atoms with E-state index in [1.807, 2.05) is 36.4 Å². The minimum Gasteiger partial charge on any atom is -0.345 e. The number of hydrogen-bond donors (Lipinski definition) is 2. The van der Waals surface area contributed by atoms with Gasteiger partial charge in [-0.3, -0.25) is 9.59 Å². The molecular weight excluding hydrogens is 320 g/mol. The predicted molar refractivity (Wildman–Crippen MR) is 97.3 cm³/mol. The SMILES string of the molecule is CC(C)C(NC(=O)c1ccc2c(c1)NC(=O)CS2)c1ccccc1. The molecule has 0 aromatic heterocycles. The van der Waals surface area contributed by atoms with Crippen LogP contribution < -0.4 is 10.6 Å². The summed E-state index contributed by atoms with van der Waals surface area (Å²) in [6, 6.07) is 15.3. The monoisotopic (exact) mass is 340 g/mol. The Bertz CT molecular complexity index is 759. The van der Waals surface area contributed by atoms with Crippen molar-refractivity contribution in [2.24, 2.45) is 5.92 Å². The first-order chi connectivity index (χ1) is 11.5. The van der Waals surface area contributed by atoms with Gasteiger partial charge in [0.25, 0.3) is 5.91 Å². The van der Waals surface area contributed by atoms with Crippen LogP contribution in [0, 0.1) is 5.92 Å². The Labute approximate surface area is 146 Å². The lowest BCUT2D eigenvalue weighted by atomic mass is 9.95. The number of amides is 2. The molecule has 0 fully saturated rings. The minimum absolute atomic E-state index is 0.0330. The highest BCUT2D eigenvalue weighted by molar-refractivity contribution is 8.00. The quantitative estimate of drug-likeness (QED) is 0.888. The van der Waals surface area contributed by atoms with Crippen LogP contribution in [-0.2, 0) is 4.79 Å². The second-order valence-corrected chi connectivity index (χ2v) is 7.17. The number of carbonyl (C=O) groups excluding carboxylic acids is 2. The first-order valence-corrected chi connectivity index (χ1v) is 8.95. The summed E-state index contributed by atoms with van der Waals surface area (Å²) in [6.45, 7) is 4.17. The van der Waals surface area contributed by atoms with Gasteiger partial charge in [-0.15, -0.1) is 11.8 Å². The van der Waals surface area contributed by atoms with Crippen LogP contribution in [0.2, 0.25) is 0 Å². The van der Waals surface area contributed by atoms with Gasteiger partial charge in [-0.25, -0.2) is 0 Å². The Morgan fingerprint density at radius 1 is 1.17 bits per heavy atom. The molecule has 0 radical (unpaired) electrons. The molecule has 5 heteroatoms. The van der Waals surface area contributed by atoms with E-state index in [9.17, 15) is 9.59 Å². The summed E-state index contributed by atoms with van der Waals surface area (Å²) in [5.41, 5.74) is 2.35. The number of carbonyl (C=O) groups is 2. The molecule has 1 heterocycles. The van der Waals surface area contributed by atoms with Gasteiger partial charge in [0.05, 0.1) is 17.5 Å². The van der Waals surface area contributed by atoms with E-state index >= 15 is 0 Å². The molecule has 0 aliphatic carbocycles. The van der Waals surface area contributed by atoms with Gasteiger partial charge in [0.1, 0.15) is 0 Å². The van der Waals surface area contributed by atoms with Crippen LogP contribution in [0.3, 0.4) is 0 Å². The lowest BCUT2D eigenvalue weighted by Crippen LogP contribution is -2.32. The fraction of sp³-hybridized carbons (Fsp3) is 0.263. The third-order valence-corrected chi connectivity index (χ3v) is 5.06. The maximum Gasteiger partial charge on any atom is 0.251 e. The highest BCUT2D eigenvalue weighted by atomic mass is 32.2. The zero-order valence-corrected chi connectivity index (χ0v) is 14.5. The second-order valence-electron chi connectivity index (χ2n) is 6.15. The first-order valence-electron chi connectivity index (χ1n) is 7.97. The number of thioether (sulfide) groups is 1. The number of hydrogen-bond acceptors (Lipinski definition) is 3. The summed E-state index contributed by atoms with van der Waals surface area (Å²) in [5.74, 6) is 0.519. The molecule has 0 saturated heterocycles. The third kappa shape index (κ3) is 3.62. The van der Waals surface area contributed by atoms with Crippen LogP contribution in [0.1, 0.15) is 35.8 Å². The predicted octanol–water partition coefficient (Wildman–Crippen LogP) is 3.86. The Morgan fingerprint density at radius 3 is 2.62 bits per heavy atom. The number of benzene rings is 2. The average Bonchev–Trinajstić information content (AvgIpc) is 2.59. The van der Waals surface area contributed by atoms with Crippen LogP contribution in [0.25, 0.3) is 0 Å². The van der Waals surface area contributed by atoms with Gasteiger partial charge >= 0.3 is 0 Å². The molecule has 0 bridgehead atoms. The van der Waals surface area contributed by atoms with E-state index in [1.54, 1.807) is 12.1 Å². The fourth-order valence-corrected chi connectivity index (χ4v) is 3.53. The Kier molecular flexibility index (Phi) is 4.90. The first kappa shape index (κ1) is 16.6. The molecule has 1 aliphatic rings. The lowest BCUT2D eigenvalue weighted by Gasteiger charge is -2.23. The van der Waals surface area contributed by atoms with Gasteiger partial charge in [0, 0.05) is 10.5 Å². The van der Waals surface area contributed by atoms with Crippen molar-refractivity contribution in [1.82, 2.24) is 5.32 Å². The van der Waals surface area contributed by atoms with E-state index in [-0.39, 0.29) is 23.8 Å². The molecule has 2 aromatic rings. The maximum atomic E-state index is 12.7. The van der Waals surface area contributed by atoms with Crippen molar-refractivity contribution in [3.05, 3.63) is 59.7 Å². The van der Waals surface area contributed by atoms with E-state index in [0.29, 0.717) is 17.0 Å². The highest BCUT2D eigenvalue weighted by Gasteiger charge is 2.21. The molecule has 2 N–H and O–H groups in total. The number of nitrogens with one attached hydrogen (secondary N) is 2. The largest absolute Gasteiger partial charge is 0.345 e. The molecule has 24 heavy (non-hydrogen) atoms. The van der Waals surface area contributed by atoms with E-state index < -0.39 is 0 Å². The van der Waals surface area contributed by atoms with E-state index in [4.69, 9.17) is 0 Å². The van der Waals surface area contributed by atoms with E-state index in [0.717, 1.165) is 10.5 Å². The van der Waals surface area contributed by atoms with Crippen LogP contribution in [0.15, 0.2) is 53.4 Å². The van der Waals surface area contributed by atoms with Gasteiger partial charge in [-0.2, -0.15) is 0 Å². The van der Waals surface area contributed by atoms with Gasteiger partial charge in [0.15, 0.2) is 0 Å². The highest BCUT2D eigenvalue weighted by Crippen LogP contribution is 2.32. The van der Waals surface area contributed by atoms with Crippen molar-refractivity contribution in [2.75, 3.05) is 11.1 Å². The van der Waals surface area contributed by atoms with Crippen molar-refractivity contribution in [3.63, 3.8) is 0 Å². The summed E-state index contributed by atoms with van der Waals surface area (Å²) in [6.07, 6.45) is 0. The second kappa shape index (κ2) is 7.09. The van der Waals surface area contributed by atoms with Crippen molar-refractivity contribution >= 4 is 29.3 Å². The van der Waals surface area contributed by atoms with Crippen LogP contribution >= 0.6 is 11.8 Å². The number of anilines is 1. The van der Waals surface area contributed by atoms with Crippen LogP contribution in [-0.4, -0.2) is 17.6 Å². The van der Waals surface area contributed by atoms with Crippen LogP contribution in [0.4, 0.5) is 5.69 Å². The normalized spacial score (nSPS) is 14.7. The Hall–Kier alpha value is -2.27. The maximum absolute atomic E-state index is 12.7.